The first-order chi connectivity index (χ1) is 40.6. The van der Waals surface area contributed by atoms with Crippen LogP contribution in [0.4, 0.5) is 0 Å². The minimum absolute atomic E-state index is 0.734. The first-order valence-electron chi connectivity index (χ1n) is 27.7. The normalized spacial score (nSPS) is 12.1. The number of hydrogen-bond donors (Lipinski definition) is 0. The topological polar surface area (TPSA) is 51.6 Å². The van der Waals surface area contributed by atoms with Crippen molar-refractivity contribution in [1.29, 1.82) is 0 Å². The molecule has 0 fully saturated rings. The summed E-state index contributed by atoms with van der Waals surface area (Å²) < 4.78 is 5.08. The Bertz CT molecular complexity index is 5430. The van der Waals surface area contributed by atoms with E-state index in [-0.39, 0.29) is 0 Å². The molecule has 4 nitrogen and oxygen atoms in total. The summed E-state index contributed by atoms with van der Waals surface area (Å²) >= 11 is 3.74. The van der Waals surface area contributed by atoms with Gasteiger partial charge in [0.15, 0.2) is 11.3 Å². The molecule has 378 valence electrons. The highest BCUT2D eigenvalue weighted by Crippen LogP contribution is 2.54. The first-order valence-corrected chi connectivity index (χ1v) is 29.4. The highest BCUT2D eigenvalue weighted by molar-refractivity contribution is 7.26. The molecule has 0 saturated heterocycles. The van der Waals surface area contributed by atoms with Gasteiger partial charge in [-0.05, 0) is 144 Å². The Hall–Kier alpha value is -10.2. The Labute approximate surface area is 479 Å². The summed E-state index contributed by atoms with van der Waals surface area (Å²) in [6.45, 7) is 0. The van der Waals surface area contributed by atoms with Gasteiger partial charge in [-0.3, -0.25) is 0 Å². The summed E-state index contributed by atoms with van der Waals surface area (Å²) in [7, 11) is 0. The molecular formula is C76H42N4S2. The molecule has 0 radical (unpaired) electrons. The minimum Gasteiger partial charge on any atom is -0.237 e. The van der Waals surface area contributed by atoms with Crippen LogP contribution < -0.4 is 0 Å². The molecule has 18 rings (SSSR count). The van der Waals surface area contributed by atoms with Crippen LogP contribution in [0.5, 0.6) is 0 Å². The standard InChI is InChI=1S/C76H42N4S2/c1-4-19-52-49(16-1)50-17-3-6-21-54(50)67-41-47-15-13-37-78-76(47)80-72(67)70-59(52)24-10-25-60(70)63-28-11-27-62-58-35-31-44(42-69(58)82-74(62)63)43-30-33-56-64(38-43)53-20-5-2-18-51(53)55-34-32-45(39-65(55)71-66(56)40-46-14-12-36-77-75(46)79-71)48-23-9-26-61-57-22-7-8-29-68(57)81-73(48)61/h1-42H. The summed E-state index contributed by atoms with van der Waals surface area (Å²) in [5.74, 6) is 0. The summed E-state index contributed by atoms with van der Waals surface area (Å²) in [5, 5.41) is 7.10. The van der Waals surface area contributed by atoms with Gasteiger partial charge in [0.2, 0.25) is 0 Å². The zero-order valence-corrected chi connectivity index (χ0v) is 45.5. The zero-order valence-electron chi connectivity index (χ0n) is 43.9. The Balaban J connectivity index is 0.806. The summed E-state index contributed by atoms with van der Waals surface area (Å²) in [4.78, 5) is 20.6. The molecule has 16 aromatic rings. The quantitative estimate of drug-likeness (QED) is 0.177. The average molecular weight is 1080 g/mol. The molecule has 0 N–H and O–H groups in total. The second-order valence-electron chi connectivity index (χ2n) is 21.5. The van der Waals surface area contributed by atoms with Gasteiger partial charge in [-0.25, -0.2) is 19.9 Å². The van der Waals surface area contributed by atoms with E-state index in [2.05, 4.69) is 231 Å². The van der Waals surface area contributed by atoms with Gasteiger partial charge in [0.25, 0.3) is 0 Å². The van der Waals surface area contributed by atoms with E-state index < -0.39 is 0 Å². The number of fused-ring (bicyclic) bond motifs is 24. The summed E-state index contributed by atoms with van der Waals surface area (Å²) in [5.41, 5.74) is 26.5. The molecule has 0 saturated carbocycles. The number of pyridine rings is 4. The number of hydrogen-bond acceptors (Lipinski definition) is 6. The number of rotatable bonds is 3. The maximum atomic E-state index is 5.49. The number of nitrogens with zero attached hydrogens (tertiary/aromatic N) is 4. The lowest BCUT2D eigenvalue weighted by Crippen LogP contribution is -2.01. The molecule has 0 bridgehead atoms. The van der Waals surface area contributed by atoms with Crippen LogP contribution in [0.15, 0.2) is 255 Å². The van der Waals surface area contributed by atoms with Crippen LogP contribution in [-0.4, -0.2) is 19.9 Å². The van der Waals surface area contributed by atoms with E-state index in [9.17, 15) is 0 Å². The van der Waals surface area contributed by atoms with Crippen molar-refractivity contribution in [2.24, 2.45) is 0 Å². The fourth-order valence-corrected chi connectivity index (χ4v) is 15.9. The third kappa shape index (κ3) is 6.77. The van der Waals surface area contributed by atoms with Gasteiger partial charge in [-0.1, -0.05) is 182 Å². The number of benzene rings is 10. The monoisotopic (exact) mass is 1070 g/mol. The minimum atomic E-state index is 0.734. The first kappa shape index (κ1) is 45.6. The van der Waals surface area contributed by atoms with Gasteiger partial charge in [0.1, 0.15) is 0 Å². The third-order valence-corrected chi connectivity index (χ3v) is 19.6. The lowest BCUT2D eigenvalue weighted by Gasteiger charge is -2.24. The van der Waals surface area contributed by atoms with Gasteiger partial charge >= 0.3 is 0 Å². The fraction of sp³-hybridized carbons (Fsp3) is 0. The van der Waals surface area contributed by atoms with Crippen molar-refractivity contribution in [3.8, 4) is 123 Å². The summed E-state index contributed by atoms with van der Waals surface area (Å²) in [6, 6.07) is 89.5. The van der Waals surface area contributed by atoms with Crippen molar-refractivity contribution in [2.75, 3.05) is 0 Å². The van der Waals surface area contributed by atoms with Gasteiger partial charge in [-0.15, -0.1) is 22.7 Å². The third-order valence-electron chi connectivity index (χ3n) is 17.1. The van der Waals surface area contributed by atoms with E-state index in [1.165, 1.54) is 96.0 Å². The largest absolute Gasteiger partial charge is 0.237 e. The van der Waals surface area contributed by atoms with Crippen LogP contribution in [0.2, 0.25) is 0 Å². The molecule has 10 aromatic carbocycles. The van der Waals surface area contributed by atoms with Gasteiger partial charge in [-0.2, -0.15) is 0 Å². The number of thiophene rings is 2. The van der Waals surface area contributed by atoms with E-state index in [4.69, 9.17) is 19.9 Å². The molecule has 2 aliphatic carbocycles. The van der Waals surface area contributed by atoms with E-state index in [0.29, 0.717) is 0 Å². The maximum Gasteiger partial charge on any atom is 0.159 e. The van der Waals surface area contributed by atoms with Gasteiger partial charge in [0, 0.05) is 91.3 Å². The van der Waals surface area contributed by atoms with Crippen molar-refractivity contribution >= 4 is 85.1 Å². The van der Waals surface area contributed by atoms with Crippen molar-refractivity contribution < 1.29 is 0 Å². The van der Waals surface area contributed by atoms with Crippen molar-refractivity contribution in [2.45, 2.75) is 0 Å². The molecule has 0 atom stereocenters. The van der Waals surface area contributed by atoms with Crippen LogP contribution in [0.25, 0.3) is 185 Å². The number of aromatic nitrogens is 4. The zero-order chi connectivity index (χ0) is 53.6. The van der Waals surface area contributed by atoms with Crippen molar-refractivity contribution in [3.05, 3.63) is 255 Å². The van der Waals surface area contributed by atoms with E-state index in [1.54, 1.807) is 0 Å². The fourth-order valence-electron chi connectivity index (χ4n) is 13.4. The highest BCUT2D eigenvalue weighted by Gasteiger charge is 2.29. The predicted molar refractivity (Wildman–Crippen MR) is 345 cm³/mol. The predicted octanol–water partition coefficient (Wildman–Crippen LogP) is 21.3. The Kier molecular flexibility index (Phi) is 9.80. The van der Waals surface area contributed by atoms with Crippen LogP contribution in [0.1, 0.15) is 0 Å². The van der Waals surface area contributed by atoms with Gasteiger partial charge in [0.05, 0.1) is 11.4 Å². The second-order valence-corrected chi connectivity index (χ2v) is 23.6. The van der Waals surface area contributed by atoms with Gasteiger partial charge < -0.3 is 0 Å². The molecular weight excluding hydrogens is 1030 g/mol. The van der Waals surface area contributed by atoms with Crippen molar-refractivity contribution in [1.82, 2.24) is 19.9 Å². The molecule has 0 spiro atoms. The Morgan fingerprint density at radius 3 is 1.39 bits per heavy atom. The molecule has 0 unspecified atom stereocenters. The molecule has 0 amide bonds. The van der Waals surface area contributed by atoms with Crippen molar-refractivity contribution in [3.63, 3.8) is 0 Å². The average Bonchev–Trinajstić information content (AvgIpc) is 4.23. The Morgan fingerprint density at radius 2 is 0.683 bits per heavy atom. The maximum absolute atomic E-state index is 5.49. The van der Waals surface area contributed by atoms with E-state index in [0.717, 1.165) is 89.1 Å². The van der Waals surface area contributed by atoms with E-state index in [1.807, 2.05) is 47.2 Å². The van der Waals surface area contributed by atoms with Crippen LogP contribution in [-0.2, 0) is 0 Å². The lowest BCUT2D eigenvalue weighted by molar-refractivity contribution is 1.29. The highest BCUT2D eigenvalue weighted by atomic mass is 32.1. The van der Waals surface area contributed by atoms with Crippen LogP contribution in [0.3, 0.4) is 0 Å². The molecule has 6 heteroatoms. The van der Waals surface area contributed by atoms with Crippen LogP contribution >= 0.6 is 22.7 Å². The molecule has 2 aliphatic rings. The summed E-state index contributed by atoms with van der Waals surface area (Å²) in [6.07, 6.45) is 3.69. The lowest BCUT2D eigenvalue weighted by atomic mass is 9.80. The van der Waals surface area contributed by atoms with Crippen LogP contribution in [0, 0.1) is 0 Å². The molecule has 6 aromatic heterocycles. The molecule has 0 aliphatic heterocycles. The Morgan fingerprint density at radius 1 is 0.244 bits per heavy atom. The molecule has 82 heavy (non-hydrogen) atoms. The second kappa shape index (κ2) is 17.6. The SMILES string of the molecule is c1ccc2c(c1)-c1cc(-c3ccc4c(c3)sc3c(-c5cccc6c5-c5nc7ncccc7cc5-c5ccccc5-c5ccccc5-6)cccc34)ccc1-c1cc3cccnc3nc1-c1cc(-c3cccc4c3sc3ccccc34)ccc1-2. The molecule has 6 heterocycles. The van der Waals surface area contributed by atoms with E-state index >= 15 is 0 Å². The smallest absolute Gasteiger partial charge is 0.159 e.